The standard InChI is InChI=1S/C22H28F4/c23-12-2-1-3-15-4-6-16(7-5-15)17-8-10-18(11-9-17)19-13-20(24)22(26)21(25)14-19/h1,3,13-18H,2,4-12H2/t15-,16-,17-,18-. The summed E-state index contributed by atoms with van der Waals surface area (Å²) in [6, 6.07) is 2.33. The van der Waals surface area contributed by atoms with Crippen molar-refractivity contribution in [3.8, 4) is 0 Å². The summed E-state index contributed by atoms with van der Waals surface area (Å²) in [6.45, 7) is -0.281. The molecule has 0 aliphatic heterocycles. The molecule has 26 heavy (non-hydrogen) atoms. The van der Waals surface area contributed by atoms with Gasteiger partial charge in [-0.3, -0.25) is 4.39 Å². The van der Waals surface area contributed by atoms with E-state index in [1.165, 1.54) is 37.8 Å². The topological polar surface area (TPSA) is 0 Å². The zero-order valence-electron chi connectivity index (χ0n) is 15.2. The number of hydrogen-bond acceptors (Lipinski definition) is 0. The Morgan fingerprint density at radius 3 is 1.88 bits per heavy atom. The summed E-state index contributed by atoms with van der Waals surface area (Å²) in [4.78, 5) is 0. The quantitative estimate of drug-likeness (QED) is 0.295. The summed E-state index contributed by atoms with van der Waals surface area (Å²) in [6.07, 6.45) is 13.5. The summed E-state index contributed by atoms with van der Waals surface area (Å²) in [7, 11) is 0. The van der Waals surface area contributed by atoms with Crippen LogP contribution in [0.25, 0.3) is 0 Å². The molecule has 0 spiro atoms. The second kappa shape index (κ2) is 9.05. The van der Waals surface area contributed by atoms with Crippen LogP contribution in [0, 0.1) is 35.2 Å². The lowest BCUT2D eigenvalue weighted by Crippen LogP contribution is -2.25. The Balaban J connectivity index is 1.49. The van der Waals surface area contributed by atoms with Gasteiger partial charge in [0.15, 0.2) is 17.5 Å². The molecule has 144 valence electrons. The Hall–Kier alpha value is -1.32. The molecule has 2 aliphatic rings. The van der Waals surface area contributed by atoms with Crippen LogP contribution in [0.5, 0.6) is 0 Å². The van der Waals surface area contributed by atoms with Crippen molar-refractivity contribution in [2.45, 2.75) is 63.7 Å². The minimum Gasteiger partial charge on any atom is -0.251 e. The molecule has 0 amide bonds. The smallest absolute Gasteiger partial charge is 0.194 e. The fourth-order valence-corrected chi connectivity index (χ4v) is 4.90. The first-order valence-electron chi connectivity index (χ1n) is 9.95. The van der Waals surface area contributed by atoms with E-state index in [4.69, 9.17) is 0 Å². The van der Waals surface area contributed by atoms with Gasteiger partial charge >= 0.3 is 0 Å². The summed E-state index contributed by atoms with van der Waals surface area (Å²) in [5, 5.41) is 0. The van der Waals surface area contributed by atoms with Crippen molar-refractivity contribution in [2.24, 2.45) is 17.8 Å². The Labute approximate surface area is 153 Å². The molecule has 1 aromatic carbocycles. The maximum Gasteiger partial charge on any atom is 0.194 e. The number of halogens is 4. The van der Waals surface area contributed by atoms with E-state index in [1.807, 2.05) is 6.08 Å². The second-order valence-electron chi connectivity index (χ2n) is 7.99. The van der Waals surface area contributed by atoms with E-state index in [2.05, 4.69) is 6.08 Å². The lowest BCUT2D eigenvalue weighted by Gasteiger charge is -2.37. The molecule has 2 fully saturated rings. The van der Waals surface area contributed by atoms with Crippen LogP contribution in [0.15, 0.2) is 24.3 Å². The van der Waals surface area contributed by atoms with Gasteiger partial charge in [-0.1, -0.05) is 12.2 Å². The zero-order chi connectivity index (χ0) is 18.5. The monoisotopic (exact) mass is 368 g/mol. The number of benzene rings is 1. The molecule has 2 aliphatic carbocycles. The van der Waals surface area contributed by atoms with E-state index in [0.29, 0.717) is 23.8 Å². The SMILES string of the molecule is FCCC=C[C@H]1CC[C@H]([C@H]2CC[C@H](c3cc(F)c(F)c(F)c3)CC2)CC1. The molecular weight excluding hydrogens is 340 g/mol. The van der Waals surface area contributed by atoms with E-state index >= 15 is 0 Å². The molecule has 0 aromatic heterocycles. The van der Waals surface area contributed by atoms with Crippen LogP contribution in [0.2, 0.25) is 0 Å². The molecule has 2 saturated carbocycles. The highest BCUT2D eigenvalue weighted by Gasteiger charge is 2.31. The van der Waals surface area contributed by atoms with Crippen LogP contribution < -0.4 is 0 Å². The normalized spacial score (nSPS) is 30.0. The average molecular weight is 368 g/mol. The maximum absolute atomic E-state index is 13.5. The van der Waals surface area contributed by atoms with Crippen molar-refractivity contribution in [3.63, 3.8) is 0 Å². The molecule has 0 atom stereocenters. The van der Waals surface area contributed by atoms with Gasteiger partial charge in [0.05, 0.1) is 6.67 Å². The number of alkyl halides is 1. The van der Waals surface area contributed by atoms with Crippen LogP contribution in [-0.2, 0) is 0 Å². The molecule has 4 heteroatoms. The van der Waals surface area contributed by atoms with Gasteiger partial charge in [0, 0.05) is 0 Å². The third-order valence-corrected chi connectivity index (χ3v) is 6.42. The molecular formula is C22H28F4. The van der Waals surface area contributed by atoms with Gasteiger partial charge in [0.2, 0.25) is 0 Å². The number of allylic oxidation sites excluding steroid dienone is 2. The van der Waals surface area contributed by atoms with Gasteiger partial charge in [0.25, 0.3) is 0 Å². The van der Waals surface area contributed by atoms with Gasteiger partial charge in [-0.25, -0.2) is 13.2 Å². The summed E-state index contributed by atoms with van der Waals surface area (Å²) < 4.78 is 52.2. The highest BCUT2D eigenvalue weighted by Crippen LogP contribution is 2.44. The van der Waals surface area contributed by atoms with Crippen molar-refractivity contribution < 1.29 is 17.6 Å². The average Bonchev–Trinajstić information content (AvgIpc) is 2.67. The first kappa shape index (κ1) is 19.4. The predicted molar refractivity (Wildman–Crippen MR) is 96.2 cm³/mol. The largest absolute Gasteiger partial charge is 0.251 e. The van der Waals surface area contributed by atoms with Crippen LogP contribution in [-0.4, -0.2) is 6.67 Å². The third-order valence-electron chi connectivity index (χ3n) is 6.42. The predicted octanol–water partition coefficient (Wildman–Crippen LogP) is 7.10. The second-order valence-corrected chi connectivity index (χ2v) is 7.99. The molecule has 0 heterocycles. The van der Waals surface area contributed by atoms with E-state index in [1.54, 1.807) is 0 Å². The van der Waals surface area contributed by atoms with Gasteiger partial charge in [-0.2, -0.15) is 0 Å². The van der Waals surface area contributed by atoms with Gasteiger partial charge in [-0.15, -0.1) is 0 Å². The van der Waals surface area contributed by atoms with Crippen LogP contribution in [0.3, 0.4) is 0 Å². The molecule has 0 unspecified atom stereocenters. The van der Waals surface area contributed by atoms with Crippen molar-refractivity contribution in [2.75, 3.05) is 6.67 Å². The summed E-state index contributed by atoms with van der Waals surface area (Å²) in [5.41, 5.74) is 0.599. The third kappa shape index (κ3) is 4.69. The molecule has 0 nitrogen and oxygen atoms in total. The fourth-order valence-electron chi connectivity index (χ4n) is 4.90. The van der Waals surface area contributed by atoms with Crippen molar-refractivity contribution >= 4 is 0 Å². The molecule has 1 aromatic rings. The van der Waals surface area contributed by atoms with Crippen LogP contribution in [0.1, 0.15) is 69.3 Å². The fraction of sp³-hybridized carbons (Fsp3) is 0.636. The minimum absolute atomic E-state index is 0.135. The Morgan fingerprint density at radius 1 is 0.808 bits per heavy atom. The van der Waals surface area contributed by atoms with Crippen LogP contribution in [0.4, 0.5) is 17.6 Å². The number of hydrogen-bond donors (Lipinski definition) is 0. The molecule has 0 radical (unpaired) electrons. The Morgan fingerprint density at radius 2 is 1.35 bits per heavy atom. The number of rotatable bonds is 5. The van der Waals surface area contributed by atoms with Gasteiger partial charge in [-0.05, 0) is 99.2 Å². The first-order valence-corrected chi connectivity index (χ1v) is 9.95. The molecule has 0 bridgehead atoms. The van der Waals surface area contributed by atoms with Crippen LogP contribution >= 0.6 is 0 Å². The summed E-state index contributed by atoms with van der Waals surface area (Å²) in [5.74, 6) is -1.38. The van der Waals surface area contributed by atoms with Crippen molar-refractivity contribution in [1.29, 1.82) is 0 Å². The molecule has 3 rings (SSSR count). The van der Waals surface area contributed by atoms with Gasteiger partial charge in [0.1, 0.15) is 0 Å². The van der Waals surface area contributed by atoms with Crippen molar-refractivity contribution in [3.05, 3.63) is 47.3 Å². The van der Waals surface area contributed by atoms with E-state index in [-0.39, 0.29) is 12.6 Å². The van der Waals surface area contributed by atoms with E-state index in [9.17, 15) is 17.6 Å². The van der Waals surface area contributed by atoms with E-state index in [0.717, 1.165) is 31.6 Å². The minimum atomic E-state index is -1.38. The molecule has 0 N–H and O–H groups in total. The van der Waals surface area contributed by atoms with E-state index < -0.39 is 17.5 Å². The lowest BCUT2D eigenvalue weighted by atomic mass is 9.68. The Kier molecular flexibility index (Phi) is 6.77. The lowest BCUT2D eigenvalue weighted by molar-refractivity contribution is 0.171. The molecule has 0 saturated heterocycles. The first-order chi connectivity index (χ1) is 12.6. The van der Waals surface area contributed by atoms with Gasteiger partial charge < -0.3 is 0 Å². The highest BCUT2D eigenvalue weighted by molar-refractivity contribution is 5.23. The Bertz CT molecular complexity index is 586. The zero-order valence-corrected chi connectivity index (χ0v) is 15.2. The highest BCUT2D eigenvalue weighted by atomic mass is 19.2. The maximum atomic E-state index is 13.5. The van der Waals surface area contributed by atoms with Crippen molar-refractivity contribution in [1.82, 2.24) is 0 Å². The summed E-state index contributed by atoms with van der Waals surface area (Å²) >= 11 is 0.